The Kier molecular flexibility index (Phi) is 2.29. The summed E-state index contributed by atoms with van der Waals surface area (Å²) in [6.45, 7) is 3.22. The molecule has 8 nitrogen and oxygen atoms in total. The van der Waals surface area contributed by atoms with E-state index in [1.807, 2.05) is 6.92 Å². The maximum atomic E-state index is 11.8. The van der Waals surface area contributed by atoms with Crippen LogP contribution in [0.1, 0.15) is 13.3 Å². The number of H-pyrrole nitrogens is 2. The van der Waals surface area contributed by atoms with Crippen LogP contribution >= 0.6 is 0 Å². The normalized spacial score (nSPS) is 14.2. The van der Waals surface area contributed by atoms with Gasteiger partial charge in [0.15, 0.2) is 11.2 Å². The lowest BCUT2D eigenvalue weighted by Gasteiger charge is -2.21. The fourth-order valence-electron chi connectivity index (χ4n) is 2.07. The van der Waals surface area contributed by atoms with E-state index >= 15 is 0 Å². The largest absolute Gasteiger partial charge is 0.327 e. The van der Waals surface area contributed by atoms with Crippen molar-refractivity contribution in [2.45, 2.75) is 19.9 Å². The minimum atomic E-state index is -0.550. The third kappa shape index (κ3) is 1.45. The first-order valence-corrected chi connectivity index (χ1v) is 5.73. The van der Waals surface area contributed by atoms with Crippen LogP contribution in [0.4, 0.5) is 5.95 Å². The number of fused-ring (bicyclic) bond motifs is 3. The zero-order valence-corrected chi connectivity index (χ0v) is 9.80. The van der Waals surface area contributed by atoms with Crippen molar-refractivity contribution in [3.8, 4) is 0 Å². The molecule has 0 spiro atoms. The molecule has 94 valence electrons. The Balaban J connectivity index is 2.29. The number of anilines is 1. The zero-order valence-electron chi connectivity index (χ0n) is 9.80. The lowest BCUT2D eigenvalue weighted by atomic mass is 10.4. The predicted octanol–water partition coefficient (Wildman–Crippen LogP) is -0.371. The van der Waals surface area contributed by atoms with Crippen LogP contribution < -0.4 is 16.3 Å². The van der Waals surface area contributed by atoms with Gasteiger partial charge in [0.05, 0.1) is 6.54 Å². The molecule has 0 aliphatic carbocycles. The summed E-state index contributed by atoms with van der Waals surface area (Å²) in [6.07, 6.45) is 2.63. The molecule has 0 unspecified atom stereocenters. The van der Waals surface area contributed by atoms with Gasteiger partial charge in [0.25, 0.3) is 5.56 Å². The van der Waals surface area contributed by atoms with E-state index in [1.54, 1.807) is 15.8 Å². The van der Waals surface area contributed by atoms with Gasteiger partial charge in [-0.1, -0.05) is 6.92 Å². The molecule has 0 saturated carbocycles. The van der Waals surface area contributed by atoms with Crippen molar-refractivity contribution < 1.29 is 0 Å². The van der Waals surface area contributed by atoms with E-state index in [-0.39, 0.29) is 0 Å². The molecular weight excluding hydrogens is 236 g/mol. The lowest BCUT2D eigenvalue weighted by Crippen LogP contribution is -2.28. The Labute approximate surface area is 101 Å². The molecule has 3 rings (SSSR count). The Morgan fingerprint density at radius 3 is 3.00 bits per heavy atom. The summed E-state index contributed by atoms with van der Waals surface area (Å²) in [5.41, 5.74) is -0.313. The molecule has 2 N–H and O–H groups in total. The van der Waals surface area contributed by atoms with Crippen LogP contribution in [0.5, 0.6) is 0 Å². The fourth-order valence-corrected chi connectivity index (χ4v) is 2.07. The Morgan fingerprint density at radius 1 is 1.39 bits per heavy atom. The van der Waals surface area contributed by atoms with Crippen LogP contribution in [0.3, 0.4) is 0 Å². The monoisotopic (exact) mass is 248 g/mol. The summed E-state index contributed by atoms with van der Waals surface area (Å²) < 4.78 is 1.74. The average molecular weight is 248 g/mol. The maximum Gasteiger partial charge on any atom is 0.327 e. The molecule has 0 saturated heterocycles. The quantitative estimate of drug-likeness (QED) is 0.757. The minimum absolute atomic E-state index is 0.297. The number of aromatic amines is 2. The predicted molar refractivity (Wildman–Crippen MR) is 67.1 cm³/mol. The second-order valence-electron chi connectivity index (χ2n) is 4.05. The van der Waals surface area contributed by atoms with E-state index in [2.05, 4.69) is 20.1 Å². The van der Waals surface area contributed by atoms with Crippen molar-refractivity contribution in [1.82, 2.24) is 19.5 Å². The number of imidazole rings is 1. The second kappa shape index (κ2) is 3.83. The smallest absolute Gasteiger partial charge is 0.297 e. The van der Waals surface area contributed by atoms with Gasteiger partial charge in [-0.25, -0.2) is 9.80 Å². The zero-order chi connectivity index (χ0) is 12.7. The number of hydrogen-bond acceptors (Lipinski definition) is 5. The Hall–Kier alpha value is -2.38. The van der Waals surface area contributed by atoms with Crippen LogP contribution in [0.15, 0.2) is 14.7 Å². The molecule has 2 aromatic rings. The summed E-state index contributed by atoms with van der Waals surface area (Å²) in [7, 11) is 0. The molecular formula is C10H12N6O2. The summed E-state index contributed by atoms with van der Waals surface area (Å²) in [4.78, 5) is 32.0. The third-order valence-corrected chi connectivity index (χ3v) is 2.77. The van der Waals surface area contributed by atoms with Crippen molar-refractivity contribution in [3.05, 3.63) is 20.8 Å². The van der Waals surface area contributed by atoms with E-state index < -0.39 is 11.2 Å². The highest BCUT2D eigenvalue weighted by Gasteiger charge is 2.21. The summed E-state index contributed by atoms with van der Waals surface area (Å²) in [5.74, 6) is 0.585. The number of nitrogens with zero attached hydrogens (tertiary/aromatic N) is 4. The lowest BCUT2D eigenvalue weighted by molar-refractivity contribution is 0.716. The van der Waals surface area contributed by atoms with Gasteiger partial charge in [0.1, 0.15) is 0 Å². The number of hydrazone groups is 1. The average Bonchev–Trinajstić information content (AvgIpc) is 2.68. The molecule has 0 atom stereocenters. The van der Waals surface area contributed by atoms with E-state index in [0.717, 1.165) is 6.42 Å². The van der Waals surface area contributed by atoms with Gasteiger partial charge in [-0.05, 0) is 6.42 Å². The van der Waals surface area contributed by atoms with Crippen LogP contribution in [0.25, 0.3) is 11.2 Å². The third-order valence-electron chi connectivity index (χ3n) is 2.77. The van der Waals surface area contributed by atoms with Crippen molar-refractivity contribution >= 4 is 23.3 Å². The maximum absolute atomic E-state index is 11.8. The van der Waals surface area contributed by atoms with Crippen molar-refractivity contribution in [3.63, 3.8) is 0 Å². The Morgan fingerprint density at radius 2 is 2.22 bits per heavy atom. The van der Waals surface area contributed by atoms with Crippen molar-refractivity contribution in [2.24, 2.45) is 5.10 Å². The first kappa shape index (κ1) is 10.8. The molecule has 0 fully saturated rings. The number of rotatable bonds is 2. The number of hydrogen-bond donors (Lipinski definition) is 2. The summed E-state index contributed by atoms with van der Waals surface area (Å²) in [6, 6.07) is 0. The first-order valence-electron chi connectivity index (χ1n) is 5.73. The van der Waals surface area contributed by atoms with Crippen molar-refractivity contribution in [1.29, 1.82) is 0 Å². The van der Waals surface area contributed by atoms with Gasteiger partial charge in [-0.2, -0.15) is 10.1 Å². The SMILES string of the molecule is CCCN1N=CCn2c1nc1[nH]c(=O)[nH]c(=O)c12. The summed E-state index contributed by atoms with van der Waals surface area (Å²) >= 11 is 0. The van der Waals surface area contributed by atoms with Crippen molar-refractivity contribution in [2.75, 3.05) is 11.6 Å². The molecule has 0 bridgehead atoms. The van der Waals surface area contributed by atoms with Crippen LogP contribution in [0, 0.1) is 0 Å². The van der Waals surface area contributed by atoms with E-state index in [4.69, 9.17) is 0 Å². The highest BCUT2D eigenvalue weighted by molar-refractivity contribution is 5.77. The summed E-state index contributed by atoms with van der Waals surface area (Å²) in [5, 5.41) is 5.95. The highest BCUT2D eigenvalue weighted by atomic mass is 16.2. The van der Waals surface area contributed by atoms with E-state index in [0.29, 0.717) is 30.2 Å². The Bertz CT molecular complexity index is 737. The molecule has 3 heterocycles. The van der Waals surface area contributed by atoms with Gasteiger partial charge in [0, 0.05) is 12.8 Å². The fraction of sp³-hybridized carbons (Fsp3) is 0.400. The number of nitrogens with one attached hydrogen (secondary N) is 2. The van der Waals surface area contributed by atoms with Crippen LogP contribution in [0.2, 0.25) is 0 Å². The molecule has 1 aliphatic heterocycles. The van der Waals surface area contributed by atoms with Gasteiger partial charge in [0.2, 0.25) is 5.95 Å². The minimum Gasteiger partial charge on any atom is -0.297 e. The van der Waals surface area contributed by atoms with Gasteiger partial charge in [-0.15, -0.1) is 0 Å². The number of aromatic nitrogens is 4. The van der Waals surface area contributed by atoms with E-state index in [9.17, 15) is 9.59 Å². The van der Waals surface area contributed by atoms with Gasteiger partial charge < -0.3 is 0 Å². The molecule has 8 heteroatoms. The van der Waals surface area contributed by atoms with Gasteiger partial charge in [-0.3, -0.25) is 19.3 Å². The van der Waals surface area contributed by atoms with E-state index in [1.165, 1.54) is 0 Å². The first-order chi connectivity index (χ1) is 8.70. The molecule has 2 aromatic heterocycles. The highest BCUT2D eigenvalue weighted by Crippen LogP contribution is 2.20. The van der Waals surface area contributed by atoms with Crippen LogP contribution in [-0.4, -0.2) is 32.3 Å². The second-order valence-corrected chi connectivity index (χ2v) is 4.05. The van der Waals surface area contributed by atoms with Crippen LogP contribution in [-0.2, 0) is 6.54 Å². The topological polar surface area (TPSA) is 99.1 Å². The molecule has 1 aliphatic rings. The standard InChI is InChI=1S/C10H12N6O2/c1-2-4-16-10-13-7-6(15(10)5-3-11-16)8(17)14-9(18)12-7/h3H,2,4-5H2,1H3,(H2,12,14,17,18). The molecule has 0 radical (unpaired) electrons. The molecule has 0 aromatic carbocycles. The van der Waals surface area contributed by atoms with Gasteiger partial charge >= 0.3 is 5.69 Å². The molecule has 18 heavy (non-hydrogen) atoms. The molecule has 0 amide bonds.